The third-order valence-electron chi connectivity index (χ3n) is 3.42. The van der Waals surface area contributed by atoms with Gasteiger partial charge in [0.15, 0.2) is 22.5 Å². The van der Waals surface area contributed by atoms with Gasteiger partial charge in [-0.15, -0.1) is 10.2 Å². The van der Waals surface area contributed by atoms with E-state index in [1.54, 1.807) is 11.9 Å². The van der Waals surface area contributed by atoms with E-state index in [-0.39, 0.29) is 10.6 Å². The number of aliphatic hydroxyl groups is 1. The van der Waals surface area contributed by atoms with Gasteiger partial charge >= 0.3 is 0 Å². The van der Waals surface area contributed by atoms with Crippen LogP contribution in [-0.4, -0.2) is 22.4 Å². The highest BCUT2D eigenvalue weighted by Crippen LogP contribution is 2.32. The van der Waals surface area contributed by atoms with E-state index in [9.17, 15) is 18.3 Å². The molecule has 1 unspecified atom stereocenters. The molecule has 0 saturated carbocycles. The van der Waals surface area contributed by atoms with Crippen LogP contribution in [0.1, 0.15) is 16.7 Å². The minimum Gasteiger partial charge on any atom is -0.381 e. The van der Waals surface area contributed by atoms with Crippen LogP contribution >= 0.6 is 11.3 Å². The summed E-state index contributed by atoms with van der Waals surface area (Å²) in [5.41, 5.74) is 0.741. The smallest absolute Gasteiger partial charge is 0.212 e. The second-order valence-corrected chi connectivity index (χ2v) is 6.01. The lowest BCUT2D eigenvalue weighted by molar-refractivity contribution is 0.217. The van der Waals surface area contributed by atoms with Gasteiger partial charge in [0, 0.05) is 12.7 Å². The van der Waals surface area contributed by atoms with Gasteiger partial charge < -0.3 is 10.0 Å². The van der Waals surface area contributed by atoms with Gasteiger partial charge in [-0.25, -0.2) is 13.2 Å². The summed E-state index contributed by atoms with van der Waals surface area (Å²) in [4.78, 5) is 1.76. The number of rotatable bonds is 4. The highest BCUT2D eigenvalue weighted by Gasteiger charge is 2.21. The molecule has 1 aromatic heterocycles. The van der Waals surface area contributed by atoms with E-state index >= 15 is 0 Å². The second-order valence-electron chi connectivity index (χ2n) is 5.02. The Balaban J connectivity index is 1.88. The van der Waals surface area contributed by atoms with Crippen molar-refractivity contribution in [2.75, 3.05) is 11.9 Å². The van der Waals surface area contributed by atoms with E-state index in [0.29, 0.717) is 5.13 Å². The molecule has 24 heavy (non-hydrogen) atoms. The van der Waals surface area contributed by atoms with Crippen molar-refractivity contribution in [2.24, 2.45) is 0 Å². The Hall–Kier alpha value is -2.45. The zero-order valence-electron chi connectivity index (χ0n) is 12.4. The Bertz CT molecular complexity index is 834. The topological polar surface area (TPSA) is 49.2 Å². The molecule has 124 valence electrons. The van der Waals surface area contributed by atoms with Gasteiger partial charge in [-0.05, 0) is 29.8 Å². The Labute approximate surface area is 139 Å². The number of anilines is 2. The van der Waals surface area contributed by atoms with Crippen LogP contribution in [0.15, 0.2) is 42.5 Å². The molecule has 0 bridgehead atoms. The quantitative estimate of drug-likeness (QED) is 0.727. The van der Waals surface area contributed by atoms with Crippen molar-refractivity contribution in [1.82, 2.24) is 10.2 Å². The van der Waals surface area contributed by atoms with Crippen molar-refractivity contribution in [3.63, 3.8) is 0 Å². The summed E-state index contributed by atoms with van der Waals surface area (Å²) in [5.74, 6) is -4.31. The summed E-state index contributed by atoms with van der Waals surface area (Å²) in [6.45, 7) is 0. The van der Waals surface area contributed by atoms with Crippen molar-refractivity contribution >= 4 is 22.2 Å². The molecule has 1 atom stereocenters. The molecule has 2 aromatic carbocycles. The van der Waals surface area contributed by atoms with Gasteiger partial charge in [0.1, 0.15) is 6.10 Å². The number of aliphatic hydroxyl groups excluding tert-OH is 1. The highest BCUT2D eigenvalue weighted by atomic mass is 32.1. The first-order chi connectivity index (χ1) is 11.5. The number of aromatic nitrogens is 2. The molecule has 8 heteroatoms. The summed E-state index contributed by atoms with van der Waals surface area (Å²) in [7, 11) is 1.78. The van der Waals surface area contributed by atoms with Gasteiger partial charge in [-0.1, -0.05) is 29.5 Å². The molecule has 0 aliphatic heterocycles. The van der Waals surface area contributed by atoms with Crippen LogP contribution in [0.3, 0.4) is 0 Å². The van der Waals surface area contributed by atoms with Crippen LogP contribution in [-0.2, 0) is 0 Å². The molecule has 3 rings (SSSR count). The lowest BCUT2D eigenvalue weighted by atomic mass is 10.1. The SMILES string of the molecule is CN(c1ccccc1)c1nnc(C(O)c2cc(F)c(F)c(F)c2)s1. The average molecular weight is 351 g/mol. The predicted octanol–water partition coefficient (Wildman–Crippen LogP) is 3.81. The zero-order chi connectivity index (χ0) is 17.3. The highest BCUT2D eigenvalue weighted by molar-refractivity contribution is 7.15. The van der Waals surface area contributed by atoms with Crippen molar-refractivity contribution < 1.29 is 18.3 Å². The lowest BCUT2D eigenvalue weighted by Crippen LogP contribution is -2.08. The van der Waals surface area contributed by atoms with Gasteiger partial charge in [0.25, 0.3) is 0 Å². The van der Waals surface area contributed by atoms with Crippen molar-refractivity contribution in [3.8, 4) is 0 Å². The number of halogens is 3. The summed E-state index contributed by atoms with van der Waals surface area (Å²) >= 11 is 1.07. The van der Waals surface area contributed by atoms with E-state index in [1.165, 1.54) is 0 Å². The monoisotopic (exact) mass is 351 g/mol. The fourth-order valence-corrected chi connectivity index (χ4v) is 2.95. The molecule has 0 fully saturated rings. The fourth-order valence-electron chi connectivity index (χ4n) is 2.11. The normalized spacial score (nSPS) is 12.2. The van der Waals surface area contributed by atoms with Crippen molar-refractivity contribution in [1.29, 1.82) is 0 Å². The van der Waals surface area contributed by atoms with E-state index in [0.717, 1.165) is 29.2 Å². The molecular formula is C16H12F3N3OS. The molecule has 1 N–H and O–H groups in total. The standard InChI is InChI=1S/C16H12F3N3OS/c1-22(10-5-3-2-4-6-10)16-21-20-15(24-16)14(23)9-7-11(17)13(19)12(18)8-9/h2-8,14,23H,1H3. The van der Waals surface area contributed by atoms with E-state index in [1.807, 2.05) is 30.3 Å². The van der Waals surface area contributed by atoms with Crippen molar-refractivity contribution in [3.05, 3.63) is 70.5 Å². The maximum atomic E-state index is 13.3. The maximum absolute atomic E-state index is 13.3. The fraction of sp³-hybridized carbons (Fsp3) is 0.125. The van der Waals surface area contributed by atoms with Crippen LogP contribution in [0.5, 0.6) is 0 Å². The number of hydrogen-bond donors (Lipinski definition) is 1. The molecule has 3 aromatic rings. The molecule has 0 amide bonds. The molecular weight excluding hydrogens is 339 g/mol. The third-order valence-corrected chi connectivity index (χ3v) is 4.47. The van der Waals surface area contributed by atoms with Crippen LogP contribution in [0.2, 0.25) is 0 Å². The molecule has 1 heterocycles. The predicted molar refractivity (Wildman–Crippen MR) is 84.8 cm³/mol. The first kappa shape index (κ1) is 16.4. The lowest BCUT2D eigenvalue weighted by Gasteiger charge is -2.14. The minimum atomic E-state index is -1.58. The number of para-hydroxylation sites is 1. The Kier molecular flexibility index (Phi) is 4.50. The van der Waals surface area contributed by atoms with E-state index in [4.69, 9.17) is 0 Å². The Morgan fingerprint density at radius 3 is 2.29 bits per heavy atom. The van der Waals surface area contributed by atoms with Crippen LogP contribution < -0.4 is 4.90 Å². The minimum absolute atomic E-state index is 0.128. The number of benzene rings is 2. The molecule has 4 nitrogen and oxygen atoms in total. The molecule has 0 radical (unpaired) electrons. The third kappa shape index (κ3) is 3.10. The van der Waals surface area contributed by atoms with Gasteiger partial charge in [-0.2, -0.15) is 0 Å². The Morgan fingerprint density at radius 1 is 1.04 bits per heavy atom. The van der Waals surface area contributed by atoms with E-state index < -0.39 is 23.6 Å². The van der Waals surface area contributed by atoms with Crippen LogP contribution in [0, 0.1) is 17.5 Å². The molecule has 0 spiro atoms. The second kappa shape index (κ2) is 6.58. The van der Waals surface area contributed by atoms with Crippen LogP contribution in [0.4, 0.5) is 24.0 Å². The van der Waals surface area contributed by atoms with Crippen molar-refractivity contribution in [2.45, 2.75) is 6.10 Å². The van der Waals surface area contributed by atoms with Gasteiger partial charge in [0.2, 0.25) is 5.13 Å². The summed E-state index contributed by atoms with van der Waals surface area (Å²) < 4.78 is 39.6. The number of hydrogen-bond acceptors (Lipinski definition) is 5. The van der Waals surface area contributed by atoms with Gasteiger partial charge in [0.05, 0.1) is 0 Å². The largest absolute Gasteiger partial charge is 0.381 e. The van der Waals surface area contributed by atoms with E-state index in [2.05, 4.69) is 10.2 Å². The Morgan fingerprint density at radius 2 is 1.67 bits per heavy atom. The first-order valence-electron chi connectivity index (χ1n) is 6.92. The molecule has 0 saturated heterocycles. The summed E-state index contributed by atoms with van der Waals surface area (Å²) in [5, 5.41) is 18.7. The average Bonchev–Trinajstić information content (AvgIpc) is 3.08. The number of nitrogens with zero attached hydrogens (tertiary/aromatic N) is 3. The molecule has 0 aliphatic carbocycles. The summed E-state index contributed by atoms with van der Waals surface area (Å²) in [6, 6.07) is 10.9. The molecule has 0 aliphatic rings. The summed E-state index contributed by atoms with van der Waals surface area (Å²) in [6.07, 6.45) is -1.40. The van der Waals surface area contributed by atoms with Crippen LogP contribution in [0.25, 0.3) is 0 Å². The van der Waals surface area contributed by atoms with Gasteiger partial charge in [-0.3, -0.25) is 0 Å². The first-order valence-corrected chi connectivity index (χ1v) is 7.73. The zero-order valence-corrected chi connectivity index (χ0v) is 13.3. The maximum Gasteiger partial charge on any atom is 0.212 e.